The summed E-state index contributed by atoms with van der Waals surface area (Å²) in [6.07, 6.45) is 2.24. The van der Waals surface area contributed by atoms with Gasteiger partial charge in [0, 0.05) is 38.8 Å². The number of carboxylic acids is 1. The number of benzene rings is 1. The summed E-state index contributed by atoms with van der Waals surface area (Å²) in [6, 6.07) is 6.34. The summed E-state index contributed by atoms with van der Waals surface area (Å²) in [5.41, 5.74) is 2.35. The van der Waals surface area contributed by atoms with Crippen molar-refractivity contribution in [2.45, 2.75) is 25.4 Å². The van der Waals surface area contributed by atoms with Crippen molar-refractivity contribution in [1.29, 1.82) is 0 Å². The van der Waals surface area contributed by atoms with Crippen molar-refractivity contribution >= 4 is 11.7 Å². The van der Waals surface area contributed by atoms with Crippen LogP contribution >= 0.6 is 0 Å². The third kappa shape index (κ3) is 4.51. The van der Waals surface area contributed by atoms with Crippen LogP contribution in [0.3, 0.4) is 0 Å². The van der Waals surface area contributed by atoms with Gasteiger partial charge >= 0.3 is 5.97 Å². The zero-order chi connectivity index (χ0) is 17.8. The number of nitrogens with zero attached hydrogens (tertiary/aromatic N) is 3. The van der Waals surface area contributed by atoms with Crippen molar-refractivity contribution in [3.8, 4) is 0 Å². The minimum absolute atomic E-state index is 0.387. The standard InChI is InChI=1S/C19H29N3O3/c1-20(2)14-16-4-3-7-22(16)18-6-5-15(12-17(18)19(23)24)13-21-8-10-25-11-9-21/h5-6,12,16H,3-4,7-11,13-14H2,1-2H3,(H,23,24). The highest BCUT2D eigenvalue weighted by Crippen LogP contribution is 2.30. The molecule has 138 valence electrons. The molecule has 0 saturated carbocycles. The van der Waals surface area contributed by atoms with E-state index in [1.807, 2.05) is 12.1 Å². The van der Waals surface area contributed by atoms with Crippen molar-refractivity contribution in [3.05, 3.63) is 29.3 Å². The molecule has 1 aromatic carbocycles. The van der Waals surface area contributed by atoms with Crippen LogP contribution < -0.4 is 4.90 Å². The molecule has 2 heterocycles. The molecule has 0 bridgehead atoms. The van der Waals surface area contributed by atoms with E-state index < -0.39 is 5.97 Å². The Kier molecular flexibility index (Phi) is 5.93. The number of anilines is 1. The van der Waals surface area contributed by atoms with Crippen LogP contribution in [0.2, 0.25) is 0 Å². The van der Waals surface area contributed by atoms with Crippen LogP contribution in [0, 0.1) is 0 Å². The Balaban J connectivity index is 1.80. The molecule has 2 aliphatic rings. The van der Waals surface area contributed by atoms with Gasteiger partial charge in [0.2, 0.25) is 0 Å². The molecule has 1 N–H and O–H groups in total. The van der Waals surface area contributed by atoms with E-state index in [4.69, 9.17) is 4.74 Å². The van der Waals surface area contributed by atoms with Crippen LogP contribution in [0.15, 0.2) is 18.2 Å². The summed E-state index contributed by atoms with van der Waals surface area (Å²) in [5, 5.41) is 9.75. The van der Waals surface area contributed by atoms with Crippen molar-refractivity contribution in [3.63, 3.8) is 0 Å². The molecule has 1 atom stereocenters. The molecule has 0 radical (unpaired) electrons. The second-order valence-electron chi connectivity index (χ2n) is 7.30. The molecule has 2 saturated heterocycles. The molecule has 1 aromatic rings. The minimum atomic E-state index is -0.839. The van der Waals surface area contributed by atoms with Gasteiger partial charge in [-0.05, 0) is 44.6 Å². The first-order valence-corrected chi connectivity index (χ1v) is 9.12. The smallest absolute Gasteiger partial charge is 0.337 e. The highest BCUT2D eigenvalue weighted by Gasteiger charge is 2.28. The van der Waals surface area contributed by atoms with Gasteiger partial charge in [0.25, 0.3) is 0 Å². The number of ether oxygens (including phenoxy) is 1. The van der Waals surface area contributed by atoms with Gasteiger partial charge in [0.15, 0.2) is 0 Å². The topological polar surface area (TPSA) is 56.2 Å². The SMILES string of the molecule is CN(C)CC1CCCN1c1ccc(CN2CCOCC2)cc1C(=O)O. The number of likely N-dealkylation sites (N-methyl/N-ethyl adjacent to an activating group) is 1. The summed E-state index contributed by atoms with van der Waals surface area (Å²) in [6.45, 7) is 5.98. The van der Waals surface area contributed by atoms with E-state index in [-0.39, 0.29) is 0 Å². The Morgan fingerprint density at radius 1 is 1.28 bits per heavy atom. The molecule has 1 unspecified atom stereocenters. The molecule has 0 aliphatic carbocycles. The summed E-state index contributed by atoms with van der Waals surface area (Å²) in [7, 11) is 4.14. The predicted octanol–water partition coefficient (Wildman–Crippen LogP) is 1.75. The Morgan fingerprint density at radius 3 is 2.72 bits per heavy atom. The molecular formula is C19H29N3O3. The first-order chi connectivity index (χ1) is 12.0. The van der Waals surface area contributed by atoms with E-state index in [1.165, 1.54) is 0 Å². The van der Waals surface area contributed by atoms with Crippen LogP contribution in [-0.4, -0.2) is 80.4 Å². The average Bonchev–Trinajstić information content (AvgIpc) is 3.03. The fraction of sp³-hybridized carbons (Fsp3) is 0.632. The van der Waals surface area contributed by atoms with Gasteiger partial charge in [0.1, 0.15) is 0 Å². The van der Waals surface area contributed by atoms with Gasteiger partial charge in [-0.25, -0.2) is 4.79 Å². The van der Waals surface area contributed by atoms with Crippen LogP contribution in [0.1, 0.15) is 28.8 Å². The zero-order valence-corrected chi connectivity index (χ0v) is 15.3. The Labute approximate surface area is 150 Å². The van der Waals surface area contributed by atoms with E-state index in [9.17, 15) is 9.90 Å². The number of rotatable bonds is 6. The fourth-order valence-electron chi connectivity index (χ4n) is 3.88. The average molecular weight is 347 g/mol. The molecular weight excluding hydrogens is 318 g/mol. The highest BCUT2D eigenvalue weighted by molar-refractivity contribution is 5.95. The lowest BCUT2D eigenvalue weighted by molar-refractivity contribution is 0.0341. The van der Waals surface area contributed by atoms with Crippen molar-refractivity contribution in [2.75, 3.05) is 58.4 Å². The first kappa shape index (κ1) is 18.2. The van der Waals surface area contributed by atoms with E-state index in [0.717, 1.165) is 70.0 Å². The first-order valence-electron chi connectivity index (χ1n) is 9.12. The predicted molar refractivity (Wildman–Crippen MR) is 98.4 cm³/mol. The number of aromatic carboxylic acids is 1. The maximum Gasteiger partial charge on any atom is 0.337 e. The quantitative estimate of drug-likeness (QED) is 0.846. The van der Waals surface area contributed by atoms with Crippen LogP contribution in [0.4, 0.5) is 5.69 Å². The highest BCUT2D eigenvalue weighted by atomic mass is 16.5. The second kappa shape index (κ2) is 8.17. The molecule has 3 rings (SSSR count). The number of hydrogen-bond acceptors (Lipinski definition) is 5. The van der Waals surface area contributed by atoms with Crippen molar-refractivity contribution in [1.82, 2.24) is 9.80 Å². The third-order valence-electron chi connectivity index (χ3n) is 5.06. The van der Waals surface area contributed by atoms with Gasteiger partial charge in [-0.15, -0.1) is 0 Å². The van der Waals surface area contributed by atoms with Crippen LogP contribution in [0.25, 0.3) is 0 Å². The normalized spacial score (nSPS) is 21.9. The Hall–Kier alpha value is -1.63. The Bertz CT molecular complexity index is 600. The monoisotopic (exact) mass is 347 g/mol. The number of hydrogen-bond donors (Lipinski definition) is 1. The molecule has 2 aliphatic heterocycles. The van der Waals surface area contributed by atoms with Crippen molar-refractivity contribution in [2.24, 2.45) is 0 Å². The van der Waals surface area contributed by atoms with E-state index in [0.29, 0.717) is 11.6 Å². The lowest BCUT2D eigenvalue weighted by Crippen LogP contribution is -2.38. The fourth-order valence-corrected chi connectivity index (χ4v) is 3.88. The summed E-state index contributed by atoms with van der Waals surface area (Å²) in [4.78, 5) is 18.7. The molecule has 2 fully saturated rings. The summed E-state index contributed by atoms with van der Waals surface area (Å²) in [5.74, 6) is -0.839. The number of carboxylic acid groups (broad SMARTS) is 1. The third-order valence-corrected chi connectivity index (χ3v) is 5.06. The largest absolute Gasteiger partial charge is 0.478 e. The van der Waals surface area contributed by atoms with E-state index in [2.05, 4.69) is 34.9 Å². The number of carbonyl (C=O) groups is 1. The van der Waals surface area contributed by atoms with Gasteiger partial charge in [-0.1, -0.05) is 6.07 Å². The lowest BCUT2D eigenvalue weighted by atomic mass is 10.1. The molecule has 6 heteroatoms. The minimum Gasteiger partial charge on any atom is -0.478 e. The van der Waals surface area contributed by atoms with Gasteiger partial charge in [0.05, 0.1) is 24.5 Å². The van der Waals surface area contributed by atoms with E-state index in [1.54, 1.807) is 0 Å². The zero-order valence-electron chi connectivity index (χ0n) is 15.3. The van der Waals surface area contributed by atoms with Crippen LogP contribution in [0.5, 0.6) is 0 Å². The molecule has 0 aromatic heterocycles. The second-order valence-corrected chi connectivity index (χ2v) is 7.30. The van der Waals surface area contributed by atoms with Crippen molar-refractivity contribution < 1.29 is 14.6 Å². The maximum absolute atomic E-state index is 11.9. The van der Waals surface area contributed by atoms with Crippen LogP contribution in [-0.2, 0) is 11.3 Å². The lowest BCUT2D eigenvalue weighted by Gasteiger charge is -2.31. The summed E-state index contributed by atoms with van der Waals surface area (Å²) >= 11 is 0. The molecule has 0 amide bonds. The van der Waals surface area contributed by atoms with Gasteiger partial charge in [-0.2, -0.15) is 0 Å². The molecule has 6 nitrogen and oxygen atoms in total. The molecule has 25 heavy (non-hydrogen) atoms. The molecule has 0 spiro atoms. The number of morpholine rings is 1. The maximum atomic E-state index is 11.9. The van der Waals surface area contributed by atoms with Gasteiger partial charge < -0.3 is 19.6 Å². The summed E-state index contributed by atoms with van der Waals surface area (Å²) < 4.78 is 5.38. The van der Waals surface area contributed by atoms with E-state index >= 15 is 0 Å². The van der Waals surface area contributed by atoms with Gasteiger partial charge in [-0.3, -0.25) is 4.90 Å². The Morgan fingerprint density at radius 2 is 2.04 bits per heavy atom.